The molecule has 0 saturated heterocycles. The first kappa shape index (κ1) is 14.1. The smallest absolute Gasteiger partial charge is 0.354 e. The topological polar surface area (TPSA) is 81.0 Å². The molecule has 0 aliphatic carbocycles. The fourth-order valence-electron chi connectivity index (χ4n) is 2.41. The molecule has 0 aliphatic rings. The summed E-state index contributed by atoms with van der Waals surface area (Å²) in [5.74, 6) is -0.362. The van der Waals surface area contributed by atoms with E-state index < -0.39 is 0 Å². The molecule has 0 atom stereocenters. The highest BCUT2D eigenvalue weighted by atomic mass is 16.5. The van der Waals surface area contributed by atoms with E-state index in [1.807, 2.05) is 30.3 Å². The second-order valence-electron chi connectivity index (χ2n) is 5.05. The minimum absolute atomic E-state index is 0.347. The number of carbonyl (C=O) groups is 1. The van der Waals surface area contributed by atoms with Crippen LogP contribution in [0, 0.1) is 0 Å². The lowest BCUT2D eigenvalue weighted by atomic mass is 10.0. The van der Waals surface area contributed by atoms with Gasteiger partial charge in [-0.05, 0) is 48.7 Å². The first-order valence-electron chi connectivity index (χ1n) is 7.15. The van der Waals surface area contributed by atoms with Gasteiger partial charge in [0.25, 0.3) is 0 Å². The van der Waals surface area contributed by atoms with Gasteiger partial charge in [-0.25, -0.2) is 9.78 Å². The number of H-pyrrole nitrogens is 1. The quantitative estimate of drug-likeness (QED) is 0.573. The number of benzene rings is 1. The Morgan fingerprint density at radius 3 is 2.77 bits per heavy atom. The number of nitrogens with zero attached hydrogens (tertiary/aromatic N) is 1. The number of nitrogens with two attached hydrogens (primary N) is 1. The predicted molar refractivity (Wildman–Crippen MR) is 85.7 cm³/mol. The number of hydrogen-bond acceptors (Lipinski definition) is 4. The summed E-state index contributed by atoms with van der Waals surface area (Å²) in [5.41, 5.74) is 9.82. The second-order valence-corrected chi connectivity index (χ2v) is 5.05. The zero-order valence-corrected chi connectivity index (χ0v) is 12.3. The number of esters is 1. The fraction of sp³-hybridized carbons (Fsp3) is 0.176. The van der Waals surface area contributed by atoms with Crippen LogP contribution in [-0.4, -0.2) is 22.5 Å². The molecule has 3 N–H and O–H groups in total. The first-order chi connectivity index (χ1) is 10.7. The summed E-state index contributed by atoms with van der Waals surface area (Å²) in [6.45, 7) is 2.13. The maximum absolute atomic E-state index is 11.8. The van der Waals surface area contributed by atoms with Gasteiger partial charge in [0, 0.05) is 17.3 Å². The van der Waals surface area contributed by atoms with E-state index in [9.17, 15) is 4.79 Å². The van der Waals surface area contributed by atoms with E-state index in [1.165, 1.54) is 0 Å². The van der Waals surface area contributed by atoms with E-state index in [0.717, 1.165) is 28.6 Å². The Bertz CT molecular complexity index is 806. The zero-order chi connectivity index (χ0) is 15.5. The van der Waals surface area contributed by atoms with Crippen molar-refractivity contribution in [1.82, 2.24) is 9.97 Å². The van der Waals surface area contributed by atoms with Crippen molar-refractivity contribution in [3.63, 3.8) is 0 Å². The van der Waals surface area contributed by atoms with Crippen LogP contribution in [0.15, 0.2) is 42.6 Å². The van der Waals surface area contributed by atoms with E-state index >= 15 is 0 Å². The molecule has 2 aromatic heterocycles. The minimum Gasteiger partial charge on any atom is -0.461 e. The number of pyridine rings is 1. The van der Waals surface area contributed by atoms with Gasteiger partial charge in [0.15, 0.2) is 0 Å². The number of anilines is 1. The largest absolute Gasteiger partial charge is 0.461 e. The Morgan fingerprint density at radius 1 is 1.27 bits per heavy atom. The Morgan fingerprint density at radius 2 is 2.05 bits per heavy atom. The molecule has 0 aliphatic heterocycles. The van der Waals surface area contributed by atoms with Gasteiger partial charge < -0.3 is 15.5 Å². The van der Waals surface area contributed by atoms with E-state index in [-0.39, 0.29) is 5.97 Å². The molecule has 5 nitrogen and oxygen atoms in total. The molecular weight excluding hydrogens is 278 g/mol. The van der Waals surface area contributed by atoms with Crippen molar-refractivity contribution in [3.05, 3.63) is 59.4 Å². The van der Waals surface area contributed by atoms with Gasteiger partial charge >= 0.3 is 5.97 Å². The molecule has 3 aromatic rings. The van der Waals surface area contributed by atoms with Crippen LogP contribution in [0.5, 0.6) is 0 Å². The van der Waals surface area contributed by atoms with Crippen LogP contribution < -0.4 is 5.73 Å². The molecule has 22 heavy (non-hydrogen) atoms. The van der Waals surface area contributed by atoms with Crippen molar-refractivity contribution in [2.75, 3.05) is 12.3 Å². The number of carbonyl (C=O) groups excluding carboxylic acids is 1. The number of rotatable bonds is 4. The predicted octanol–water partition coefficient (Wildman–Crippen LogP) is 2.91. The molecule has 0 radical (unpaired) electrons. The number of aromatic nitrogens is 2. The Kier molecular flexibility index (Phi) is 3.78. The number of nitrogen functional groups attached to an aromatic ring is 1. The Balaban J connectivity index is 1.95. The molecule has 2 heterocycles. The summed E-state index contributed by atoms with van der Waals surface area (Å²) >= 11 is 0. The van der Waals surface area contributed by atoms with Gasteiger partial charge in [0.05, 0.1) is 6.61 Å². The third kappa shape index (κ3) is 2.79. The summed E-state index contributed by atoms with van der Waals surface area (Å²) in [4.78, 5) is 19.1. The Hall–Kier alpha value is -2.82. The third-order valence-electron chi connectivity index (χ3n) is 3.49. The third-order valence-corrected chi connectivity index (χ3v) is 3.49. The molecule has 0 saturated carbocycles. The van der Waals surface area contributed by atoms with Gasteiger partial charge in [-0.3, -0.25) is 0 Å². The van der Waals surface area contributed by atoms with Crippen LogP contribution in [0.4, 0.5) is 5.69 Å². The van der Waals surface area contributed by atoms with E-state index in [4.69, 9.17) is 10.5 Å². The van der Waals surface area contributed by atoms with Crippen LogP contribution in [0.25, 0.3) is 11.0 Å². The van der Waals surface area contributed by atoms with Gasteiger partial charge in [-0.2, -0.15) is 0 Å². The maximum atomic E-state index is 11.8. The molecule has 0 amide bonds. The van der Waals surface area contributed by atoms with Crippen molar-refractivity contribution >= 4 is 22.7 Å². The van der Waals surface area contributed by atoms with Crippen LogP contribution in [0.3, 0.4) is 0 Å². The van der Waals surface area contributed by atoms with Crippen molar-refractivity contribution in [2.24, 2.45) is 0 Å². The highest BCUT2D eigenvalue weighted by Crippen LogP contribution is 2.21. The van der Waals surface area contributed by atoms with Crippen LogP contribution in [0.2, 0.25) is 0 Å². The summed E-state index contributed by atoms with van der Waals surface area (Å²) in [7, 11) is 0. The van der Waals surface area contributed by atoms with Gasteiger partial charge in [0.1, 0.15) is 11.3 Å². The monoisotopic (exact) mass is 295 g/mol. The maximum Gasteiger partial charge on any atom is 0.354 e. The molecule has 112 valence electrons. The van der Waals surface area contributed by atoms with Crippen molar-refractivity contribution in [1.29, 1.82) is 0 Å². The molecule has 3 rings (SSSR count). The lowest BCUT2D eigenvalue weighted by Gasteiger charge is -2.03. The van der Waals surface area contributed by atoms with Crippen LogP contribution in [0.1, 0.15) is 28.5 Å². The van der Waals surface area contributed by atoms with Crippen LogP contribution in [-0.2, 0) is 11.2 Å². The molecule has 1 aromatic carbocycles. The zero-order valence-electron chi connectivity index (χ0n) is 12.3. The van der Waals surface area contributed by atoms with Gasteiger partial charge in [0.2, 0.25) is 0 Å². The summed E-state index contributed by atoms with van der Waals surface area (Å²) < 4.78 is 5.02. The average Bonchev–Trinajstić information content (AvgIpc) is 2.95. The van der Waals surface area contributed by atoms with Gasteiger partial charge in [-0.15, -0.1) is 0 Å². The molecule has 0 spiro atoms. The number of fused-ring (bicyclic) bond motifs is 1. The minimum atomic E-state index is -0.362. The Labute approximate surface area is 128 Å². The number of ether oxygens (including phenoxy) is 1. The first-order valence-corrected chi connectivity index (χ1v) is 7.15. The fourth-order valence-corrected chi connectivity index (χ4v) is 2.41. The molecule has 0 bridgehead atoms. The van der Waals surface area contributed by atoms with Crippen LogP contribution >= 0.6 is 0 Å². The number of nitrogens with one attached hydrogen (secondary N) is 1. The van der Waals surface area contributed by atoms with Crippen molar-refractivity contribution in [2.45, 2.75) is 13.3 Å². The highest BCUT2D eigenvalue weighted by Gasteiger charge is 2.13. The van der Waals surface area contributed by atoms with E-state index in [2.05, 4.69) is 9.97 Å². The van der Waals surface area contributed by atoms with E-state index in [1.54, 1.807) is 19.2 Å². The second kappa shape index (κ2) is 5.89. The summed E-state index contributed by atoms with van der Waals surface area (Å²) in [6.07, 6.45) is 2.49. The molecular formula is C17H17N3O2. The lowest BCUT2D eigenvalue weighted by Crippen LogP contribution is -2.04. The average molecular weight is 295 g/mol. The number of aromatic amines is 1. The highest BCUT2D eigenvalue weighted by molar-refractivity contribution is 5.94. The molecule has 0 fully saturated rings. The van der Waals surface area contributed by atoms with Crippen molar-refractivity contribution < 1.29 is 9.53 Å². The van der Waals surface area contributed by atoms with Gasteiger partial charge in [-0.1, -0.05) is 12.1 Å². The summed E-state index contributed by atoms with van der Waals surface area (Å²) in [5, 5.41) is 0.933. The SMILES string of the molecule is CCOC(=O)c1cc2c(Cc3ccc(N)cc3)ccnc2[nH]1. The van der Waals surface area contributed by atoms with Crippen molar-refractivity contribution in [3.8, 4) is 0 Å². The molecule has 5 heteroatoms. The summed E-state index contributed by atoms with van der Waals surface area (Å²) in [6, 6.07) is 11.5. The van der Waals surface area contributed by atoms with E-state index in [0.29, 0.717) is 17.9 Å². The normalized spacial score (nSPS) is 10.8. The molecule has 0 unspecified atom stereocenters. The lowest BCUT2D eigenvalue weighted by molar-refractivity contribution is 0.0520. The number of hydrogen-bond donors (Lipinski definition) is 2. The standard InChI is InChI=1S/C17H17N3O2/c1-2-22-17(21)15-10-14-12(7-8-19-16(14)20-15)9-11-3-5-13(18)6-4-11/h3-8,10H,2,9,18H2,1H3,(H,19,20).